The minimum atomic E-state index is -0.639. The third-order valence-electron chi connectivity index (χ3n) is 4.71. The van der Waals surface area contributed by atoms with Crippen molar-refractivity contribution in [1.29, 1.82) is 0 Å². The number of halogens is 1. The minimum Gasteiger partial charge on any atom is -0.455 e. The lowest BCUT2D eigenvalue weighted by Crippen LogP contribution is -2.39. The van der Waals surface area contributed by atoms with Gasteiger partial charge in [-0.15, -0.1) is 0 Å². The molecule has 0 aliphatic heterocycles. The highest BCUT2D eigenvalue weighted by atomic mass is 35.5. The minimum absolute atomic E-state index is 0.0953. The molecule has 0 heterocycles. The first-order valence-electron chi connectivity index (χ1n) is 8.70. The van der Waals surface area contributed by atoms with Gasteiger partial charge in [0.2, 0.25) is 0 Å². The molecule has 1 aliphatic rings. The Labute approximate surface area is 148 Å². The van der Waals surface area contributed by atoms with Gasteiger partial charge in [0.1, 0.15) is 0 Å². The van der Waals surface area contributed by atoms with Crippen LogP contribution in [0.25, 0.3) is 0 Å². The Morgan fingerprint density at radius 1 is 1.25 bits per heavy atom. The summed E-state index contributed by atoms with van der Waals surface area (Å²) >= 11 is 5.95. The number of ether oxygens (including phenoxy) is 1. The van der Waals surface area contributed by atoms with Crippen LogP contribution in [0.2, 0.25) is 5.02 Å². The second kappa shape index (κ2) is 8.52. The standard InChI is InChI=1S/C19H26ClNO3/c1-3-6-14(2)21-17(22)13-24-18(23)19(11-4-5-12-19)15-7-9-16(20)10-8-15/h7-10,14H,3-6,11-13H2,1-2H3,(H,21,22)/t14-/m0/s1. The Kier molecular flexibility index (Phi) is 6.67. The van der Waals surface area contributed by atoms with Crippen LogP contribution in [-0.2, 0) is 19.7 Å². The maximum absolute atomic E-state index is 12.7. The normalized spacial score (nSPS) is 17.3. The number of esters is 1. The van der Waals surface area contributed by atoms with Crippen LogP contribution < -0.4 is 5.32 Å². The van der Waals surface area contributed by atoms with Crippen molar-refractivity contribution < 1.29 is 14.3 Å². The Bertz CT molecular complexity index is 564. The highest BCUT2D eigenvalue weighted by molar-refractivity contribution is 6.30. The second-order valence-electron chi connectivity index (χ2n) is 6.63. The van der Waals surface area contributed by atoms with Crippen molar-refractivity contribution in [3.63, 3.8) is 0 Å². The van der Waals surface area contributed by atoms with Crippen molar-refractivity contribution in [1.82, 2.24) is 5.32 Å². The Hall–Kier alpha value is -1.55. The number of rotatable bonds is 7. The number of hydrogen-bond donors (Lipinski definition) is 1. The molecule has 0 spiro atoms. The summed E-state index contributed by atoms with van der Waals surface area (Å²) in [7, 11) is 0. The average Bonchev–Trinajstić information content (AvgIpc) is 3.04. The summed E-state index contributed by atoms with van der Waals surface area (Å²) in [5.74, 6) is -0.547. The summed E-state index contributed by atoms with van der Waals surface area (Å²) in [5.41, 5.74) is 0.286. The molecule has 0 unspecified atom stereocenters. The zero-order valence-electron chi connectivity index (χ0n) is 14.4. The second-order valence-corrected chi connectivity index (χ2v) is 7.07. The molecule has 1 saturated carbocycles. The molecule has 0 radical (unpaired) electrons. The van der Waals surface area contributed by atoms with Crippen molar-refractivity contribution >= 4 is 23.5 Å². The third kappa shape index (κ3) is 4.50. The lowest BCUT2D eigenvalue weighted by Gasteiger charge is -2.27. The zero-order chi connectivity index (χ0) is 17.6. The predicted octanol–water partition coefficient (Wildman–Crippen LogP) is 4.00. The summed E-state index contributed by atoms with van der Waals surface area (Å²) in [5, 5.41) is 3.50. The van der Waals surface area contributed by atoms with E-state index in [1.807, 2.05) is 19.1 Å². The maximum atomic E-state index is 12.7. The van der Waals surface area contributed by atoms with Gasteiger partial charge in [-0.05, 0) is 43.9 Å². The lowest BCUT2D eigenvalue weighted by atomic mass is 9.79. The largest absolute Gasteiger partial charge is 0.455 e. The molecule has 1 N–H and O–H groups in total. The molecule has 132 valence electrons. The van der Waals surface area contributed by atoms with Crippen molar-refractivity contribution in [2.24, 2.45) is 0 Å². The first kappa shape index (κ1) is 18.8. The number of benzene rings is 1. The van der Waals surface area contributed by atoms with Gasteiger partial charge in [0.15, 0.2) is 6.61 Å². The van der Waals surface area contributed by atoms with Crippen molar-refractivity contribution in [3.8, 4) is 0 Å². The number of carbonyl (C=O) groups excluding carboxylic acids is 2. The predicted molar refractivity (Wildman–Crippen MR) is 95.1 cm³/mol. The lowest BCUT2D eigenvalue weighted by molar-refractivity contribution is -0.154. The van der Waals surface area contributed by atoms with Crippen LogP contribution in [0.5, 0.6) is 0 Å². The maximum Gasteiger partial charge on any atom is 0.317 e. The fraction of sp³-hybridized carbons (Fsp3) is 0.579. The SMILES string of the molecule is CCC[C@H](C)NC(=O)COC(=O)C1(c2ccc(Cl)cc2)CCCC1. The summed E-state index contributed by atoms with van der Waals surface area (Å²) in [4.78, 5) is 24.7. The number of nitrogens with one attached hydrogen (secondary N) is 1. The van der Waals surface area contributed by atoms with E-state index in [4.69, 9.17) is 16.3 Å². The number of amides is 1. The van der Waals surface area contributed by atoms with E-state index in [9.17, 15) is 9.59 Å². The molecule has 5 heteroatoms. The van der Waals surface area contributed by atoms with E-state index < -0.39 is 5.41 Å². The fourth-order valence-corrected chi connectivity index (χ4v) is 3.58. The molecule has 1 aromatic carbocycles. The van der Waals surface area contributed by atoms with Crippen LogP contribution in [0.4, 0.5) is 0 Å². The van der Waals surface area contributed by atoms with Gasteiger partial charge in [-0.25, -0.2) is 0 Å². The van der Waals surface area contributed by atoms with Gasteiger partial charge < -0.3 is 10.1 Å². The smallest absolute Gasteiger partial charge is 0.317 e. The van der Waals surface area contributed by atoms with E-state index in [1.165, 1.54) is 0 Å². The zero-order valence-corrected chi connectivity index (χ0v) is 15.2. The van der Waals surface area contributed by atoms with Gasteiger partial charge in [0.05, 0.1) is 5.41 Å². The molecule has 1 atom stereocenters. The van der Waals surface area contributed by atoms with Gasteiger partial charge in [-0.3, -0.25) is 9.59 Å². The summed E-state index contributed by atoms with van der Waals surface area (Å²) < 4.78 is 5.37. The van der Waals surface area contributed by atoms with Crippen LogP contribution in [-0.4, -0.2) is 24.5 Å². The van der Waals surface area contributed by atoms with Crippen molar-refractivity contribution in [2.45, 2.75) is 63.8 Å². The van der Waals surface area contributed by atoms with Gasteiger partial charge in [0, 0.05) is 11.1 Å². The van der Waals surface area contributed by atoms with Crippen molar-refractivity contribution in [3.05, 3.63) is 34.9 Å². The molecule has 2 rings (SSSR count). The number of carbonyl (C=O) groups is 2. The Balaban J connectivity index is 2.00. The van der Waals surface area contributed by atoms with E-state index in [0.717, 1.165) is 44.1 Å². The quantitative estimate of drug-likeness (QED) is 0.755. The van der Waals surface area contributed by atoms with Crippen LogP contribution in [0.15, 0.2) is 24.3 Å². The molecule has 1 aliphatic carbocycles. The first-order valence-corrected chi connectivity index (χ1v) is 9.08. The first-order chi connectivity index (χ1) is 11.5. The fourth-order valence-electron chi connectivity index (χ4n) is 3.45. The van der Waals surface area contributed by atoms with Crippen LogP contribution in [0.1, 0.15) is 57.9 Å². The molecule has 0 bridgehead atoms. The molecule has 0 saturated heterocycles. The van der Waals surface area contributed by atoms with E-state index in [-0.39, 0.29) is 24.5 Å². The van der Waals surface area contributed by atoms with Gasteiger partial charge in [-0.2, -0.15) is 0 Å². The summed E-state index contributed by atoms with van der Waals surface area (Å²) in [6.45, 7) is 3.80. The summed E-state index contributed by atoms with van der Waals surface area (Å²) in [6, 6.07) is 7.46. The molecule has 1 aromatic rings. The molecule has 1 fully saturated rings. The molecule has 24 heavy (non-hydrogen) atoms. The molecular weight excluding hydrogens is 326 g/mol. The van der Waals surface area contributed by atoms with E-state index in [1.54, 1.807) is 12.1 Å². The highest BCUT2D eigenvalue weighted by Crippen LogP contribution is 2.42. The van der Waals surface area contributed by atoms with Crippen LogP contribution >= 0.6 is 11.6 Å². The van der Waals surface area contributed by atoms with Crippen LogP contribution in [0, 0.1) is 0 Å². The van der Waals surface area contributed by atoms with Gasteiger partial charge >= 0.3 is 5.97 Å². The Morgan fingerprint density at radius 2 is 1.88 bits per heavy atom. The molecular formula is C19H26ClNO3. The molecule has 0 aromatic heterocycles. The highest BCUT2D eigenvalue weighted by Gasteiger charge is 2.44. The number of hydrogen-bond acceptors (Lipinski definition) is 3. The van der Waals surface area contributed by atoms with Gasteiger partial charge in [0.25, 0.3) is 5.91 Å². The average molecular weight is 352 g/mol. The van der Waals surface area contributed by atoms with E-state index >= 15 is 0 Å². The monoisotopic (exact) mass is 351 g/mol. The van der Waals surface area contributed by atoms with Crippen LogP contribution in [0.3, 0.4) is 0 Å². The summed E-state index contributed by atoms with van der Waals surface area (Å²) in [6.07, 6.45) is 5.38. The topological polar surface area (TPSA) is 55.4 Å². The van der Waals surface area contributed by atoms with E-state index in [0.29, 0.717) is 5.02 Å². The van der Waals surface area contributed by atoms with E-state index in [2.05, 4.69) is 12.2 Å². The van der Waals surface area contributed by atoms with Crippen molar-refractivity contribution in [2.75, 3.05) is 6.61 Å². The molecule has 1 amide bonds. The Morgan fingerprint density at radius 3 is 2.46 bits per heavy atom. The van der Waals surface area contributed by atoms with Gasteiger partial charge in [-0.1, -0.05) is 49.9 Å². The third-order valence-corrected chi connectivity index (χ3v) is 4.96. The molecule has 4 nitrogen and oxygen atoms in total.